The normalized spacial score (nSPS) is 20.1. The van der Waals surface area contributed by atoms with Crippen molar-refractivity contribution in [1.29, 1.82) is 0 Å². The molecule has 0 aliphatic carbocycles. The van der Waals surface area contributed by atoms with Gasteiger partial charge in [0.2, 0.25) is 0 Å². The zero-order valence-electron chi connectivity index (χ0n) is 13.5. The van der Waals surface area contributed by atoms with Crippen LogP contribution in [0, 0.1) is 11.7 Å². The number of nitrogens with zero attached hydrogens (tertiary/aromatic N) is 3. The molecule has 128 valence electrons. The second-order valence-electron chi connectivity index (χ2n) is 6.24. The maximum Gasteiger partial charge on any atom is 0.140 e. The number of pyridine rings is 1. The number of ether oxygens (including phenoxy) is 1. The second-order valence-corrected chi connectivity index (χ2v) is 6.68. The first-order chi connectivity index (χ1) is 12.2. The van der Waals surface area contributed by atoms with Gasteiger partial charge in [0, 0.05) is 41.3 Å². The number of imidazole rings is 1. The first kappa shape index (κ1) is 16.2. The SMILES string of the molecule is Fc1cc(Cl)cc(-c2nccn2[C@@H]2COC[C@@H]2Cc2ccncc2)c1. The van der Waals surface area contributed by atoms with Crippen molar-refractivity contribution in [3.63, 3.8) is 0 Å². The lowest BCUT2D eigenvalue weighted by molar-refractivity contribution is 0.181. The van der Waals surface area contributed by atoms with Crippen LogP contribution in [-0.4, -0.2) is 27.7 Å². The topological polar surface area (TPSA) is 39.9 Å². The van der Waals surface area contributed by atoms with Crippen LogP contribution in [0.5, 0.6) is 0 Å². The largest absolute Gasteiger partial charge is 0.379 e. The average molecular weight is 358 g/mol. The third-order valence-corrected chi connectivity index (χ3v) is 4.78. The van der Waals surface area contributed by atoms with Crippen LogP contribution in [0.15, 0.2) is 55.1 Å². The molecule has 4 rings (SSSR count). The molecule has 0 unspecified atom stereocenters. The summed E-state index contributed by atoms with van der Waals surface area (Å²) in [5, 5.41) is 0.362. The highest BCUT2D eigenvalue weighted by atomic mass is 35.5. The molecule has 2 atom stereocenters. The lowest BCUT2D eigenvalue weighted by atomic mass is 9.95. The molecule has 1 aliphatic rings. The van der Waals surface area contributed by atoms with Gasteiger partial charge in [-0.3, -0.25) is 4.98 Å². The van der Waals surface area contributed by atoms with Crippen LogP contribution in [0.3, 0.4) is 0 Å². The molecule has 3 aromatic rings. The van der Waals surface area contributed by atoms with E-state index < -0.39 is 0 Å². The van der Waals surface area contributed by atoms with E-state index in [2.05, 4.69) is 14.5 Å². The minimum absolute atomic E-state index is 0.146. The van der Waals surface area contributed by atoms with Gasteiger partial charge in [0.1, 0.15) is 11.6 Å². The lowest BCUT2D eigenvalue weighted by Gasteiger charge is -2.21. The Kier molecular flexibility index (Phi) is 4.51. The fraction of sp³-hybridized carbons (Fsp3) is 0.263. The van der Waals surface area contributed by atoms with Crippen LogP contribution >= 0.6 is 11.6 Å². The number of halogens is 2. The smallest absolute Gasteiger partial charge is 0.140 e. The highest BCUT2D eigenvalue weighted by Crippen LogP contribution is 2.33. The van der Waals surface area contributed by atoms with Crippen molar-refractivity contribution < 1.29 is 9.13 Å². The molecule has 6 heteroatoms. The number of benzene rings is 1. The van der Waals surface area contributed by atoms with Crippen molar-refractivity contribution >= 4 is 11.6 Å². The zero-order valence-corrected chi connectivity index (χ0v) is 14.2. The van der Waals surface area contributed by atoms with Crippen LogP contribution in [0.2, 0.25) is 5.02 Å². The van der Waals surface area contributed by atoms with Gasteiger partial charge in [-0.1, -0.05) is 11.6 Å². The van der Waals surface area contributed by atoms with E-state index in [1.807, 2.05) is 18.3 Å². The number of hydrogen-bond donors (Lipinski definition) is 0. The molecule has 0 N–H and O–H groups in total. The van der Waals surface area contributed by atoms with Gasteiger partial charge in [-0.2, -0.15) is 0 Å². The van der Waals surface area contributed by atoms with Gasteiger partial charge in [-0.05, 0) is 42.3 Å². The standard InChI is InChI=1S/C19H17ClFN3O/c20-16-8-14(9-17(21)10-16)19-23-5-6-24(19)18-12-25-11-15(18)7-13-1-3-22-4-2-13/h1-6,8-10,15,18H,7,11-12H2/t15-,18+/m0/s1. The molecular formula is C19H17ClFN3O. The van der Waals surface area contributed by atoms with Crippen LogP contribution in [0.1, 0.15) is 11.6 Å². The first-order valence-corrected chi connectivity index (χ1v) is 8.54. The van der Waals surface area contributed by atoms with E-state index in [1.54, 1.807) is 24.7 Å². The van der Waals surface area contributed by atoms with E-state index in [9.17, 15) is 4.39 Å². The van der Waals surface area contributed by atoms with E-state index in [0.717, 1.165) is 6.42 Å². The van der Waals surface area contributed by atoms with Crippen molar-refractivity contribution in [2.45, 2.75) is 12.5 Å². The fourth-order valence-electron chi connectivity index (χ4n) is 3.40. The van der Waals surface area contributed by atoms with Crippen LogP contribution in [0.25, 0.3) is 11.4 Å². The van der Waals surface area contributed by atoms with Gasteiger partial charge in [0.15, 0.2) is 0 Å². The van der Waals surface area contributed by atoms with Crippen molar-refractivity contribution in [2.24, 2.45) is 5.92 Å². The summed E-state index contributed by atoms with van der Waals surface area (Å²) in [5.74, 6) is 0.657. The summed E-state index contributed by atoms with van der Waals surface area (Å²) < 4.78 is 21.6. The minimum Gasteiger partial charge on any atom is -0.379 e. The molecule has 1 aliphatic heterocycles. The Balaban J connectivity index is 1.64. The quantitative estimate of drug-likeness (QED) is 0.703. The van der Waals surface area contributed by atoms with Gasteiger partial charge in [0.05, 0.1) is 19.3 Å². The summed E-state index contributed by atoms with van der Waals surface area (Å²) in [7, 11) is 0. The Hall–Kier alpha value is -2.24. The number of rotatable bonds is 4. The molecule has 1 fully saturated rings. The molecule has 0 amide bonds. The Bertz CT molecular complexity index is 848. The minimum atomic E-state index is -0.368. The summed E-state index contributed by atoms with van der Waals surface area (Å²) in [6.45, 7) is 1.30. The highest BCUT2D eigenvalue weighted by Gasteiger charge is 2.31. The number of hydrogen-bond acceptors (Lipinski definition) is 3. The molecule has 0 radical (unpaired) electrons. The number of aromatic nitrogens is 3. The van der Waals surface area contributed by atoms with Crippen molar-refractivity contribution in [2.75, 3.05) is 13.2 Å². The molecule has 1 saturated heterocycles. The monoisotopic (exact) mass is 357 g/mol. The van der Waals surface area contributed by atoms with Gasteiger partial charge < -0.3 is 9.30 Å². The van der Waals surface area contributed by atoms with E-state index >= 15 is 0 Å². The molecule has 0 saturated carbocycles. The van der Waals surface area contributed by atoms with Gasteiger partial charge in [0.25, 0.3) is 0 Å². The second kappa shape index (κ2) is 6.94. The molecule has 1 aromatic carbocycles. The molecule has 0 spiro atoms. The maximum absolute atomic E-state index is 13.7. The maximum atomic E-state index is 13.7. The van der Waals surface area contributed by atoms with Gasteiger partial charge >= 0.3 is 0 Å². The predicted octanol–water partition coefficient (Wildman–Crippen LogP) is 4.17. The summed E-state index contributed by atoms with van der Waals surface area (Å²) in [4.78, 5) is 8.49. The van der Waals surface area contributed by atoms with E-state index in [-0.39, 0.29) is 11.9 Å². The Morgan fingerprint density at radius 1 is 1.16 bits per heavy atom. The molecule has 25 heavy (non-hydrogen) atoms. The predicted molar refractivity (Wildman–Crippen MR) is 93.9 cm³/mol. The van der Waals surface area contributed by atoms with Crippen molar-refractivity contribution in [1.82, 2.24) is 14.5 Å². The Morgan fingerprint density at radius 2 is 2.00 bits per heavy atom. The van der Waals surface area contributed by atoms with Crippen LogP contribution in [0.4, 0.5) is 4.39 Å². The Labute approximate surface area is 150 Å². The van der Waals surface area contributed by atoms with Crippen molar-refractivity contribution in [3.05, 3.63) is 71.5 Å². The summed E-state index contributed by atoms with van der Waals surface area (Å²) >= 11 is 6.01. The molecular weight excluding hydrogens is 341 g/mol. The van der Waals surface area contributed by atoms with Crippen molar-refractivity contribution in [3.8, 4) is 11.4 Å². The highest BCUT2D eigenvalue weighted by molar-refractivity contribution is 6.30. The van der Waals surface area contributed by atoms with Gasteiger partial charge in [-0.25, -0.2) is 9.37 Å². The summed E-state index contributed by atoms with van der Waals surface area (Å²) in [5.41, 5.74) is 1.90. The molecule has 0 bridgehead atoms. The third kappa shape index (κ3) is 3.43. The fourth-order valence-corrected chi connectivity index (χ4v) is 3.62. The summed E-state index contributed by atoms with van der Waals surface area (Å²) in [6, 6.07) is 8.68. The van der Waals surface area contributed by atoms with Crippen LogP contribution in [-0.2, 0) is 11.2 Å². The summed E-state index contributed by atoms with van der Waals surface area (Å²) in [6.07, 6.45) is 8.16. The van der Waals surface area contributed by atoms with E-state index in [0.29, 0.717) is 35.5 Å². The average Bonchev–Trinajstić information content (AvgIpc) is 3.23. The molecule has 4 nitrogen and oxygen atoms in total. The Morgan fingerprint density at radius 3 is 2.80 bits per heavy atom. The third-order valence-electron chi connectivity index (χ3n) is 4.56. The van der Waals surface area contributed by atoms with E-state index in [1.165, 1.54) is 17.7 Å². The van der Waals surface area contributed by atoms with E-state index in [4.69, 9.17) is 16.3 Å². The zero-order chi connectivity index (χ0) is 17.2. The van der Waals surface area contributed by atoms with Crippen LogP contribution < -0.4 is 0 Å². The molecule has 3 heterocycles. The van der Waals surface area contributed by atoms with Gasteiger partial charge in [-0.15, -0.1) is 0 Å². The lowest BCUT2D eigenvalue weighted by Crippen LogP contribution is -2.20. The molecule has 2 aromatic heterocycles. The first-order valence-electron chi connectivity index (χ1n) is 8.16.